The Morgan fingerprint density at radius 3 is 2.40 bits per heavy atom. The van der Waals surface area contributed by atoms with E-state index in [0.717, 1.165) is 19.0 Å². The fourth-order valence-electron chi connectivity index (χ4n) is 2.15. The molecule has 0 heterocycles. The van der Waals surface area contributed by atoms with Crippen molar-refractivity contribution in [3.05, 3.63) is 0 Å². The first-order valence-electron chi connectivity index (χ1n) is 6.65. The zero-order valence-electron chi connectivity index (χ0n) is 10.7. The molecule has 2 nitrogen and oxygen atoms in total. The zero-order valence-corrected chi connectivity index (χ0v) is 10.7. The lowest BCUT2D eigenvalue weighted by Gasteiger charge is -2.34. The van der Waals surface area contributed by atoms with Crippen molar-refractivity contribution in [2.75, 3.05) is 19.6 Å². The van der Waals surface area contributed by atoms with Gasteiger partial charge in [0.25, 0.3) is 0 Å². The Hall–Kier alpha value is -0.0800. The number of nitrogens with two attached hydrogens (primary N) is 1. The molecule has 2 unspecified atom stereocenters. The lowest BCUT2D eigenvalue weighted by molar-refractivity contribution is 0.166. The van der Waals surface area contributed by atoms with Crippen molar-refractivity contribution in [2.45, 2.75) is 52.5 Å². The van der Waals surface area contributed by atoms with Crippen LogP contribution in [0.5, 0.6) is 0 Å². The number of nitrogens with zero attached hydrogens (tertiary/aromatic N) is 1. The summed E-state index contributed by atoms with van der Waals surface area (Å²) >= 11 is 0. The second kappa shape index (κ2) is 6.49. The summed E-state index contributed by atoms with van der Waals surface area (Å²) in [6, 6.07) is 0.357. The molecule has 1 fully saturated rings. The Morgan fingerprint density at radius 1 is 1.33 bits per heavy atom. The van der Waals surface area contributed by atoms with E-state index in [0.29, 0.717) is 12.0 Å². The van der Waals surface area contributed by atoms with E-state index in [2.05, 4.69) is 25.7 Å². The molecule has 15 heavy (non-hydrogen) atoms. The molecule has 0 bridgehead atoms. The molecule has 1 aliphatic rings. The van der Waals surface area contributed by atoms with Gasteiger partial charge < -0.3 is 10.6 Å². The van der Waals surface area contributed by atoms with Crippen molar-refractivity contribution in [2.24, 2.45) is 17.6 Å². The summed E-state index contributed by atoms with van der Waals surface area (Å²) < 4.78 is 0. The minimum atomic E-state index is 0.357. The molecule has 2 heteroatoms. The summed E-state index contributed by atoms with van der Waals surface area (Å²) in [6.45, 7) is 10.3. The van der Waals surface area contributed by atoms with Gasteiger partial charge in [0, 0.05) is 19.1 Å². The number of hydrogen-bond donors (Lipinski definition) is 1. The topological polar surface area (TPSA) is 29.3 Å². The van der Waals surface area contributed by atoms with Crippen molar-refractivity contribution in [1.29, 1.82) is 0 Å². The van der Waals surface area contributed by atoms with Gasteiger partial charge in [0.1, 0.15) is 0 Å². The van der Waals surface area contributed by atoms with Crippen LogP contribution in [0.1, 0.15) is 46.5 Å². The summed E-state index contributed by atoms with van der Waals surface area (Å²) in [5, 5.41) is 0. The molecule has 90 valence electrons. The van der Waals surface area contributed by atoms with Gasteiger partial charge in [-0.15, -0.1) is 0 Å². The van der Waals surface area contributed by atoms with Crippen LogP contribution < -0.4 is 5.73 Å². The molecule has 1 aliphatic carbocycles. The van der Waals surface area contributed by atoms with Gasteiger partial charge in [-0.2, -0.15) is 0 Å². The standard InChI is InChI=1S/C13H28N2/c1-4-11(3)13(14)10-15(5-2)9-12-7-6-8-12/h11-13H,4-10,14H2,1-3H3. The first-order chi connectivity index (χ1) is 7.17. The highest BCUT2D eigenvalue weighted by Crippen LogP contribution is 2.27. The quantitative estimate of drug-likeness (QED) is 0.702. The first-order valence-corrected chi connectivity index (χ1v) is 6.65. The summed E-state index contributed by atoms with van der Waals surface area (Å²) in [6.07, 6.45) is 5.52. The van der Waals surface area contributed by atoms with Gasteiger partial charge in [-0.1, -0.05) is 33.6 Å². The average Bonchev–Trinajstić information content (AvgIpc) is 2.19. The third-order valence-corrected chi connectivity index (χ3v) is 4.03. The fourth-order valence-corrected chi connectivity index (χ4v) is 2.15. The maximum absolute atomic E-state index is 6.20. The highest BCUT2D eigenvalue weighted by Gasteiger charge is 2.21. The van der Waals surface area contributed by atoms with E-state index in [-0.39, 0.29) is 0 Å². The van der Waals surface area contributed by atoms with E-state index in [1.54, 1.807) is 0 Å². The molecule has 0 aliphatic heterocycles. The Bertz CT molecular complexity index is 166. The largest absolute Gasteiger partial charge is 0.326 e. The average molecular weight is 212 g/mol. The summed E-state index contributed by atoms with van der Waals surface area (Å²) in [4.78, 5) is 2.54. The van der Waals surface area contributed by atoms with Gasteiger partial charge in [0.2, 0.25) is 0 Å². The normalized spacial score (nSPS) is 21.4. The highest BCUT2D eigenvalue weighted by atomic mass is 15.1. The van der Waals surface area contributed by atoms with Crippen molar-refractivity contribution >= 4 is 0 Å². The monoisotopic (exact) mass is 212 g/mol. The van der Waals surface area contributed by atoms with E-state index in [1.807, 2.05) is 0 Å². The van der Waals surface area contributed by atoms with Crippen LogP contribution in [0.25, 0.3) is 0 Å². The molecular formula is C13H28N2. The number of likely N-dealkylation sites (N-methyl/N-ethyl adjacent to an activating group) is 1. The lowest BCUT2D eigenvalue weighted by atomic mass is 9.85. The lowest BCUT2D eigenvalue weighted by Crippen LogP contribution is -2.43. The van der Waals surface area contributed by atoms with Gasteiger partial charge >= 0.3 is 0 Å². The molecule has 0 aromatic rings. The summed E-state index contributed by atoms with van der Waals surface area (Å²) in [7, 11) is 0. The van der Waals surface area contributed by atoms with Crippen LogP contribution in [0.2, 0.25) is 0 Å². The molecule has 0 amide bonds. The zero-order chi connectivity index (χ0) is 11.3. The van der Waals surface area contributed by atoms with Gasteiger partial charge in [0.05, 0.1) is 0 Å². The first kappa shape index (κ1) is 13.0. The summed E-state index contributed by atoms with van der Waals surface area (Å²) in [5.74, 6) is 1.62. The third kappa shape index (κ3) is 4.12. The van der Waals surface area contributed by atoms with Crippen LogP contribution in [0.15, 0.2) is 0 Å². The van der Waals surface area contributed by atoms with E-state index >= 15 is 0 Å². The van der Waals surface area contributed by atoms with Crippen molar-refractivity contribution in [3.8, 4) is 0 Å². The SMILES string of the molecule is CCC(C)C(N)CN(CC)CC1CCC1. The van der Waals surface area contributed by atoms with Crippen LogP contribution >= 0.6 is 0 Å². The minimum Gasteiger partial charge on any atom is -0.326 e. The van der Waals surface area contributed by atoms with Gasteiger partial charge in [-0.3, -0.25) is 0 Å². The van der Waals surface area contributed by atoms with Gasteiger partial charge in [0.15, 0.2) is 0 Å². The Labute approximate surface area is 95.2 Å². The molecule has 0 saturated heterocycles. The van der Waals surface area contributed by atoms with Gasteiger partial charge in [-0.05, 0) is 31.2 Å². The number of hydrogen-bond acceptors (Lipinski definition) is 2. The smallest absolute Gasteiger partial charge is 0.0193 e. The second-order valence-corrected chi connectivity index (χ2v) is 5.20. The Morgan fingerprint density at radius 2 is 2.00 bits per heavy atom. The third-order valence-electron chi connectivity index (χ3n) is 4.03. The maximum Gasteiger partial charge on any atom is 0.0193 e. The fraction of sp³-hybridized carbons (Fsp3) is 1.00. The predicted molar refractivity (Wildman–Crippen MR) is 66.9 cm³/mol. The van der Waals surface area contributed by atoms with Gasteiger partial charge in [-0.25, -0.2) is 0 Å². The van der Waals surface area contributed by atoms with E-state index in [9.17, 15) is 0 Å². The van der Waals surface area contributed by atoms with Crippen LogP contribution in [0, 0.1) is 11.8 Å². The molecule has 2 atom stereocenters. The summed E-state index contributed by atoms with van der Waals surface area (Å²) in [5.41, 5.74) is 6.20. The molecule has 1 saturated carbocycles. The molecule has 0 aromatic heterocycles. The molecule has 0 radical (unpaired) electrons. The molecular weight excluding hydrogens is 184 g/mol. The van der Waals surface area contributed by atoms with E-state index in [4.69, 9.17) is 5.73 Å². The van der Waals surface area contributed by atoms with Crippen LogP contribution in [0.4, 0.5) is 0 Å². The molecule has 2 N–H and O–H groups in total. The van der Waals surface area contributed by atoms with Crippen LogP contribution in [-0.2, 0) is 0 Å². The molecule has 0 spiro atoms. The Kier molecular flexibility index (Phi) is 5.62. The highest BCUT2D eigenvalue weighted by molar-refractivity contribution is 4.77. The van der Waals surface area contributed by atoms with Crippen molar-refractivity contribution < 1.29 is 0 Å². The van der Waals surface area contributed by atoms with Crippen molar-refractivity contribution in [1.82, 2.24) is 4.90 Å². The van der Waals surface area contributed by atoms with Crippen LogP contribution in [0.3, 0.4) is 0 Å². The second-order valence-electron chi connectivity index (χ2n) is 5.20. The maximum atomic E-state index is 6.20. The van der Waals surface area contributed by atoms with Crippen molar-refractivity contribution in [3.63, 3.8) is 0 Å². The molecule has 0 aromatic carbocycles. The van der Waals surface area contributed by atoms with Crippen LogP contribution in [-0.4, -0.2) is 30.6 Å². The molecule has 1 rings (SSSR count). The number of rotatable bonds is 7. The van der Waals surface area contributed by atoms with E-state index in [1.165, 1.54) is 32.2 Å². The Balaban J connectivity index is 2.24. The van der Waals surface area contributed by atoms with E-state index < -0.39 is 0 Å². The minimum absolute atomic E-state index is 0.357. The predicted octanol–water partition coefficient (Wildman–Crippen LogP) is 2.48.